The third kappa shape index (κ3) is 5.73. The predicted octanol–water partition coefficient (Wildman–Crippen LogP) is 4.87. The van der Waals surface area contributed by atoms with Crippen molar-refractivity contribution in [2.24, 2.45) is 5.10 Å². The number of rotatable bonds is 9. The van der Waals surface area contributed by atoms with Gasteiger partial charge >= 0.3 is 0 Å². The number of hydrogen-bond acceptors (Lipinski definition) is 10. The van der Waals surface area contributed by atoms with E-state index in [9.17, 15) is 20.2 Å². The highest BCUT2D eigenvalue weighted by atomic mass is 32.2. The van der Waals surface area contributed by atoms with Crippen molar-refractivity contribution in [2.75, 3.05) is 26.1 Å². The summed E-state index contributed by atoms with van der Waals surface area (Å²) in [7, 11) is 5.46. The Labute approximate surface area is 215 Å². The van der Waals surface area contributed by atoms with E-state index in [1.54, 1.807) is 37.6 Å². The van der Waals surface area contributed by atoms with E-state index < -0.39 is 15.5 Å². The molecular formula is C24H21N7O5S. The molecular weight excluding hydrogens is 498 g/mol. The Morgan fingerprint density at radius 3 is 2.27 bits per heavy atom. The van der Waals surface area contributed by atoms with Crippen LogP contribution >= 0.6 is 11.8 Å². The molecule has 0 saturated carbocycles. The summed E-state index contributed by atoms with van der Waals surface area (Å²) < 4.78 is 6.69. The second kappa shape index (κ2) is 10.9. The fourth-order valence-corrected chi connectivity index (χ4v) is 4.16. The van der Waals surface area contributed by atoms with E-state index in [1.807, 2.05) is 43.3 Å². The molecule has 0 amide bonds. The first-order valence-electron chi connectivity index (χ1n) is 10.8. The molecule has 0 aliphatic carbocycles. The van der Waals surface area contributed by atoms with Crippen molar-refractivity contribution in [1.82, 2.24) is 14.9 Å². The third-order valence-electron chi connectivity index (χ3n) is 5.24. The molecule has 12 nitrogen and oxygen atoms in total. The number of methoxy groups -OCH3 is 1. The molecule has 3 aromatic carbocycles. The molecule has 13 heteroatoms. The van der Waals surface area contributed by atoms with Gasteiger partial charge in [-0.25, -0.2) is 0 Å². The van der Waals surface area contributed by atoms with Gasteiger partial charge in [-0.3, -0.25) is 20.2 Å². The molecule has 0 saturated heterocycles. The summed E-state index contributed by atoms with van der Waals surface area (Å²) in [5.41, 5.74) is 1.75. The van der Waals surface area contributed by atoms with E-state index in [1.165, 1.54) is 16.8 Å². The summed E-state index contributed by atoms with van der Waals surface area (Å²) >= 11 is 0.934. The molecule has 37 heavy (non-hydrogen) atoms. The van der Waals surface area contributed by atoms with Gasteiger partial charge in [0, 0.05) is 31.4 Å². The second-order valence-electron chi connectivity index (χ2n) is 7.85. The molecule has 0 unspecified atom stereocenters. The quantitative estimate of drug-likeness (QED) is 0.172. The van der Waals surface area contributed by atoms with Crippen molar-refractivity contribution in [3.05, 3.63) is 92.5 Å². The van der Waals surface area contributed by atoms with E-state index in [0.717, 1.165) is 29.1 Å². The maximum Gasteiger partial charge on any atom is 0.290 e. The average molecular weight is 520 g/mol. The standard InChI is InChI=1S/C24H21N7O5S/c1-28(2)18-8-4-16(5-9-18)15-25-29-23(17-6-11-20(36-3)12-7-17)26-27-24(29)37-22-13-10-19(30(32)33)14-21(22)31(34)35/h4-15H,1-3H3/b25-15+. The third-order valence-corrected chi connectivity index (χ3v) is 6.25. The Morgan fingerprint density at radius 2 is 1.68 bits per heavy atom. The van der Waals surface area contributed by atoms with Crippen molar-refractivity contribution < 1.29 is 14.6 Å². The number of hydrogen-bond donors (Lipinski definition) is 0. The van der Waals surface area contributed by atoms with Crippen molar-refractivity contribution in [3.8, 4) is 17.1 Å². The van der Waals surface area contributed by atoms with E-state index in [2.05, 4.69) is 15.3 Å². The van der Waals surface area contributed by atoms with Crippen molar-refractivity contribution >= 4 is 35.0 Å². The van der Waals surface area contributed by atoms with Gasteiger partial charge in [-0.1, -0.05) is 12.1 Å². The van der Waals surface area contributed by atoms with Crippen LogP contribution in [-0.4, -0.2) is 52.1 Å². The highest BCUT2D eigenvalue weighted by molar-refractivity contribution is 7.99. The molecule has 0 aliphatic heterocycles. The van der Waals surface area contributed by atoms with Crippen LogP contribution in [0.5, 0.6) is 5.75 Å². The van der Waals surface area contributed by atoms with Crippen molar-refractivity contribution in [3.63, 3.8) is 0 Å². The Hall–Kier alpha value is -4.78. The predicted molar refractivity (Wildman–Crippen MR) is 140 cm³/mol. The second-order valence-corrected chi connectivity index (χ2v) is 8.85. The Kier molecular flexibility index (Phi) is 7.44. The van der Waals surface area contributed by atoms with Crippen LogP contribution in [0.25, 0.3) is 11.4 Å². The van der Waals surface area contributed by atoms with E-state index in [4.69, 9.17) is 4.74 Å². The van der Waals surface area contributed by atoms with Crippen LogP contribution in [0.15, 0.2) is 81.9 Å². The smallest absolute Gasteiger partial charge is 0.290 e. The molecule has 0 radical (unpaired) electrons. The highest BCUT2D eigenvalue weighted by Gasteiger charge is 2.23. The molecule has 1 heterocycles. The summed E-state index contributed by atoms with van der Waals surface area (Å²) in [6, 6.07) is 18.3. The minimum atomic E-state index is -0.683. The molecule has 0 atom stereocenters. The van der Waals surface area contributed by atoms with Crippen LogP contribution in [0.2, 0.25) is 0 Å². The number of non-ortho nitro benzene ring substituents is 1. The minimum absolute atomic E-state index is 0.163. The molecule has 188 valence electrons. The Bertz CT molecular complexity index is 1470. The van der Waals surface area contributed by atoms with E-state index in [-0.39, 0.29) is 15.7 Å². The van der Waals surface area contributed by atoms with Gasteiger partial charge < -0.3 is 9.64 Å². The van der Waals surface area contributed by atoms with Gasteiger partial charge in [-0.15, -0.1) is 10.2 Å². The largest absolute Gasteiger partial charge is 0.497 e. The van der Waals surface area contributed by atoms with Crippen molar-refractivity contribution in [1.29, 1.82) is 0 Å². The molecule has 4 aromatic rings. The summed E-state index contributed by atoms with van der Waals surface area (Å²) in [4.78, 5) is 23.5. The SMILES string of the molecule is COc1ccc(-c2nnc(Sc3ccc([N+](=O)[O-])cc3[N+](=O)[O-])n2/N=C/c2ccc(N(C)C)cc2)cc1. The Morgan fingerprint density at radius 1 is 0.973 bits per heavy atom. The first kappa shape index (κ1) is 25.3. The van der Waals surface area contributed by atoms with E-state index in [0.29, 0.717) is 17.1 Å². The average Bonchev–Trinajstić information content (AvgIpc) is 3.29. The van der Waals surface area contributed by atoms with Gasteiger partial charge in [0.25, 0.3) is 11.4 Å². The summed E-state index contributed by atoms with van der Waals surface area (Å²) in [5.74, 6) is 1.06. The zero-order valence-corrected chi connectivity index (χ0v) is 20.8. The van der Waals surface area contributed by atoms with Gasteiger partial charge in [0.05, 0.1) is 34.1 Å². The first-order chi connectivity index (χ1) is 17.8. The van der Waals surface area contributed by atoms with Crippen LogP contribution in [0.3, 0.4) is 0 Å². The molecule has 4 rings (SSSR count). The summed E-state index contributed by atoms with van der Waals surface area (Å²) in [5, 5.41) is 36.0. The van der Waals surface area contributed by atoms with Gasteiger partial charge in [0.1, 0.15) is 5.75 Å². The maximum absolute atomic E-state index is 11.6. The molecule has 1 aromatic heterocycles. The van der Waals surface area contributed by atoms with Gasteiger partial charge in [-0.05, 0) is 59.8 Å². The summed E-state index contributed by atoms with van der Waals surface area (Å²) in [6.07, 6.45) is 1.63. The van der Waals surface area contributed by atoms with Gasteiger partial charge in [0.15, 0.2) is 5.82 Å². The minimum Gasteiger partial charge on any atom is -0.497 e. The van der Waals surface area contributed by atoms with Crippen LogP contribution < -0.4 is 9.64 Å². The number of ether oxygens (including phenoxy) is 1. The zero-order valence-electron chi connectivity index (χ0n) is 20.0. The van der Waals surface area contributed by atoms with Gasteiger partial charge in [-0.2, -0.15) is 9.78 Å². The number of aromatic nitrogens is 3. The lowest BCUT2D eigenvalue weighted by Gasteiger charge is -2.11. The van der Waals surface area contributed by atoms with E-state index >= 15 is 0 Å². The normalized spacial score (nSPS) is 11.0. The molecule has 0 N–H and O–H groups in total. The fraction of sp³-hybridized carbons (Fsp3) is 0.125. The van der Waals surface area contributed by atoms with Crippen LogP contribution in [0, 0.1) is 20.2 Å². The topological polar surface area (TPSA) is 142 Å². The fourth-order valence-electron chi connectivity index (χ4n) is 3.28. The van der Waals surface area contributed by atoms with Crippen LogP contribution in [-0.2, 0) is 0 Å². The number of anilines is 1. The number of benzene rings is 3. The van der Waals surface area contributed by atoms with Crippen molar-refractivity contribution in [2.45, 2.75) is 10.1 Å². The van der Waals surface area contributed by atoms with Crippen LogP contribution in [0.4, 0.5) is 17.1 Å². The van der Waals surface area contributed by atoms with Crippen LogP contribution in [0.1, 0.15) is 5.56 Å². The number of nitro benzene ring substituents is 2. The molecule has 0 bridgehead atoms. The highest BCUT2D eigenvalue weighted by Crippen LogP contribution is 2.37. The molecule has 0 spiro atoms. The summed E-state index contributed by atoms with van der Waals surface area (Å²) in [6.45, 7) is 0. The number of nitrogens with zero attached hydrogens (tertiary/aromatic N) is 7. The van der Waals surface area contributed by atoms with Gasteiger partial charge in [0.2, 0.25) is 5.16 Å². The first-order valence-corrected chi connectivity index (χ1v) is 11.6. The Balaban J connectivity index is 1.76. The number of nitro groups is 2. The zero-order chi connectivity index (χ0) is 26.5. The lowest BCUT2D eigenvalue weighted by Crippen LogP contribution is -2.08. The molecule has 0 fully saturated rings. The lowest BCUT2D eigenvalue weighted by molar-refractivity contribution is -0.396. The lowest BCUT2D eigenvalue weighted by atomic mass is 10.2. The molecule has 0 aliphatic rings. The monoisotopic (exact) mass is 519 g/mol. The maximum atomic E-state index is 11.6.